The first-order chi connectivity index (χ1) is 13.4. The summed E-state index contributed by atoms with van der Waals surface area (Å²) in [6, 6.07) is 19.2. The Morgan fingerprint density at radius 1 is 0.926 bits per heavy atom. The molecule has 134 valence electrons. The van der Waals surface area contributed by atoms with E-state index in [1.165, 1.54) is 17.5 Å². The number of hydrogen-bond acceptors (Lipinski definition) is 4. The molecule has 0 bridgehead atoms. The van der Waals surface area contributed by atoms with Gasteiger partial charge in [-0.1, -0.05) is 41.6 Å². The molecule has 1 saturated heterocycles. The highest BCUT2D eigenvalue weighted by Crippen LogP contribution is 2.34. The van der Waals surface area contributed by atoms with Gasteiger partial charge in [0, 0.05) is 30.7 Å². The highest BCUT2D eigenvalue weighted by Gasteiger charge is 2.29. The molecule has 1 aliphatic rings. The van der Waals surface area contributed by atoms with Gasteiger partial charge >= 0.3 is 0 Å². The van der Waals surface area contributed by atoms with Gasteiger partial charge in [0.2, 0.25) is 0 Å². The normalized spacial score (nSPS) is 17.6. The van der Waals surface area contributed by atoms with Gasteiger partial charge in [0.1, 0.15) is 5.69 Å². The summed E-state index contributed by atoms with van der Waals surface area (Å²) in [7, 11) is 0. The van der Waals surface area contributed by atoms with Crippen LogP contribution in [0.15, 0.2) is 73.2 Å². The molecule has 1 atom stereocenters. The van der Waals surface area contributed by atoms with Crippen molar-refractivity contribution in [2.45, 2.75) is 25.4 Å². The van der Waals surface area contributed by atoms with Crippen molar-refractivity contribution in [2.24, 2.45) is 0 Å². The van der Waals surface area contributed by atoms with Crippen LogP contribution in [0.1, 0.15) is 30.1 Å². The summed E-state index contributed by atoms with van der Waals surface area (Å²) in [5.41, 5.74) is 5.82. The molecule has 0 radical (unpaired) electrons. The number of nitrogens with zero attached hydrogens (tertiary/aromatic N) is 5. The summed E-state index contributed by atoms with van der Waals surface area (Å²) in [5, 5.41) is 8.98. The average molecular weight is 355 g/mol. The van der Waals surface area contributed by atoms with E-state index in [4.69, 9.17) is 0 Å². The molecule has 1 aliphatic heterocycles. The molecule has 4 aromatic rings. The summed E-state index contributed by atoms with van der Waals surface area (Å²) in [6.07, 6.45) is 8.11. The van der Waals surface area contributed by atoms with Gasteiger partial charge in [0.05, 0.1) is 11.6 Å². The number of likely N-dealkylation sites (tertiary alicyclic amines) is 1. The number of aromatic nitrogens is 4. The molecule has 5 nitrogen and oxygen atoms in total. The van der Waals surface area contributed by atoms with Gasteiger partial charge in [-0.05, 0) is 48.7 Å². The molecular weight excluding hydrogens is 334 g/mol. The van der Waals surface area contributed by atoms with Crippen LogP contribution in [0.2, 0.25) is 0 Å². The first kappa shape index (κ1) is 16.1. The van der Waals surface area contributed by atoms with Crippen LogP contribution in [0.5, 0.6) is 0 Å². The third-order valence-electron chi connectivity index (χ3n) is 5.36. The molecule has 27 heavy (non-hydrogen) atoms. The highest BCUT2D eigenvalue weighted by molar-refractivity contribution is 5.66. The Morgan fingerprint density at radius 3 is 2.63 bits per heavy atom. The Morgan fingerprint density at radius 2 is 1.78 bits per heavy atom. The summed E-state index contributed by atoms with van der Waals surface area (Å²) < 4.78 is 1.92. The van der Waals surface area contributed by atoms with Gasteiger partial charge in [-0.2, -0.15) is 0 Å². The molecule has 1 fully saturated rings. The topological polar surface area (TPSA) is 46.3 Å². The minimum absolute atomic E-state index is 0.318. The minimum atomic E-state index is 0.318. The first-order valence-corrected chi connectivity index (χ1v) is 9.42. The lowest BCUT2D eigenvalue weighted by molar-refractivity contribution is 0.245. The molecule has 5 rings (SSSR count). The van der Waals surface area contributed by atoms with Crippen molar-refractivity contribution in [1.29, 1.82) is 0 Å². The molecule has 0 aliphatic carbocycles. The Kier molecular flexibility index (Phi) is 4.14. The van der Waals surface area contributed by atoms with Gasteiger partial charge in [-0.25, -0.2) is 4.52 Å². The van der Waals surface area contributed by atoms with Gasteiger partial charge in [0.15, 0.2) is 0 Å². The lowest BCUT2D eigenvalue weighted by Gasteiger charge is -2.23. The minimum Gasteiger partial charge on any atom is -0.290 e. The fourth-order valence-corrected chi connectivity index (χ4v) is 4.00. The van der Waals surface area contributed by atoms with Crippen molar-refractivity contribution >= 4 is 5.52 Å². The number of pyridine rings is 2. The number of fused-ring (bicyclic) bond motifs is 1. The molecule has 5 heteroatoms. The average Bonchev–Trinajstić information content (AvgIpc) is 3.35. The van der Waals surface area contributed by atoms with E-state index in [0.717, 1.165) is 36.3 Å². The van der Waals surface area contributed by atoms with Crippen LogP contribution in [0.3, 0.4) is 0 Å². The zero-order valence-corrected chi connectivity index (χ0v) is 15.1. The largest absolute Gasteiger partial charge is 0.290 e. The standard InChI is InChI=1S/C22H21N5/c1-2-5-18(6-3-1)19-8-9-21-22(24-25-27(21)16-19)20-7-4-14-26(20)15-17-10-12-23-13-11-17/h1-3,5-6,8-13,16,20H,4,7,14-15H2/t20-/m1/s1. The predicted molar refractivity (Wildman–Crippen MR) is 105 cm³/mol. The van der Waals surface area contributed by atoms with E-state index >= 15 is 0 Å². The summed E-state index contributed by atoms with van der Waals surface area (Å²) in [5.74, 6) is 0. The molecular formula is C22H21N5. The van der Waals surface area contributed by atoms with E-state index in [-0.39, 0.29) is 0 Å². The lowest BCUT2D eigenvalue weighted by atomic mass is 10.1. The van der Waals surface area contributed by atoms with Gasteiger partial charge < -0.3 is 0 Å². The van der Waals surface area contributed by atoms with Gasteiger partial charge in [-0.15, -0.1) is 5.10 Å². The Labute approximate surface area is 158 Å². The van der Waals surface area contributed by atoms with Crippen molar-refractivity contribution < 1.29 is 0 Å². The highest BCUT2D eigenvalue weighted by atomic mass is 15.4. The third kappa shape index (κ3) is 3.11. The fraction of sp³-hybridized carbons (Fsp3) is 0.227. The van der Waals surface area contributed by atoms with Crippen LogP contribution < -0.4 is 0 Å². The van der Waals surface area contributed by atoms with E-state index in [9.17, 15) is 0 Å². The van der Waals surface area contributed by atoms with E-state index in [2.05, 4.69) is 74.9 Å². The fourth-order valence-electron chi connectivity index (χ4n) is 4.00. The molecule has 4 heterocycles. The maximum Gasteiger partial charge on any atom is 0.108 e. The van der Waals surface area contributed by atoms with E-state index < -0.39 is 0 Å². The smallest absolute Gasteiger partial charge is 0.108 e. The predicted octanol–water partition coefficient (Wildman–Crippen LogP) is 4.13. The second kappa shape index (κ2) is 6.93. The van der Waals surface area contributed by atoms with Crippen molar-refractivity contribution in [3.8, 4) is 11.1 Å². The molecule has 0 N–H and O–H groups in total. The van der Waals surface area contributed by atoms with Crippen LogP contribution in [0.4, 0.5) is 0 Å². The number of rotatable bonds is 4. The third-order valence-corrected chi connectivity index (χ3v) is 5.36. The van der Waals surface area contributed by atoms with E-state index in [1.54, 1.807) is 0 Å². The molecule has 0 amide bonds. The molecule has 3 aromatic heterocycles. The maximum atomic E-state index is 4.56. The van der Waals surface area contributed by atoms with Crippen LogP contribution >= 0.6 is 0 Å². The quantitative estimate of drug-likeness (QED) is 0.552. The molecule has 0 saturated carbocycles. The van der Waals surface area contributed by atoms with E-state index in [0.29, 0.717) is 6.04 Å². The maximum absolute atomic E-state index is 4.56. The first-order valence-electron chi connectivity index (χ1n) is 9.42. The number of hydrogen-bond donors (Lipinski definition) is 0. The second-order valence-corrected chi connectivity index (χ2v) is 7.07. The summed E-state index contributed by atoms with van der Waals surface area (Å²) in [6.45, 7) is 2.02. The van der Waals surface area contributed by atoms with Gasteiger partial charge in [0.25, 0.3) is 0 Å². The Hall–Kier alpha value is -3.05. The second-order valence-electron chi connectivity index (χ2n) is 7.07. The molecule has 0 spiro atoms. The van der Waals surface area contributed by atoms with Crippen LogP contribution in [0, 0.1) is 0 Å². The van der Waals surface area contributed by atoms with E-state index in [1.807, 2.05) is 23.0 Å². The van der Waals surface area contributed by atoms with Crippen LogP contribution in [-0.2, 0) is 6.54 Å². The van der Waals surface area contributed by atoms with Crippen molar-refractivity contribution in [2.75, 3.05) is 6.54 Å². The van der Waals surface area contributed by atoms with Crippen molar-refractivity contribution in [3.63, 3.8) is 0 Å². The molecule has 1 aromatic carbocycles. The molecule has 0 unspecified atom stereocenters. The van der Waals surface area contributed by atoms with Crippen molar-refractivity contribution in [1.82, 2.24) is 24.7 Å². The zero-order chi connectivity index (χ0) is 18.1. The Bertz CT molecular complexity index is 1040. The summed E-state index contributed by atoms with van der Waals surface area (Å²) >= 11 is 0. The monoisotopic (exact) mass is 355 g/mol. The number of benzene rings is 1. The van der Waals surface area contributed by atoms with Gasteiger partial charge in [-0.3, -0.25) is 9.88 Å². The Balaban J connectivity index is 1.46. The van der Waals surface area contributed by atoms with Crippen molar-refractivity contribution in [3.05, 3.63) is 84.4 Å². The zero-order valence-electron chi connectivity index (χ0n) is 15.1. The SMILES string of the molecule is c1ccc(-c2ccc3c([C@H]4CCCN4Cc4ccncc4)nnn3c2)cc1. The lowest BCUT2D eigenvalue weighted by Crippen LogP contribution is -2.23. The van der Waals surface area contributed by atoms with Crippen LogP contribution in [-0.4, -0.2) is 31.3 Å². The van der Waals surface area contributed by atoms with Crippen LogP contribution in [0.25, 0.3) is 16.6 Å². The summed E-state index contributed by atoms with van der Waals surface area (Å²) in [4.78, 5) is 6.62.